The van der Waals surface area contributed by atoms with Gasteiger partial charge in [0, 0.05) is 28.6 Å². The minimum Gasteiger partial charge on any atom is -0.326 e. The van der Waals surface area contributed by atoms with E-state index in [1.165, 1.54) is 11.3 Å². The molecule has 0 saturated carbocycles. The number of hydrogen-bond donors (Lipinski definition) is 2. The van der Waals surface area contributed by atoms with Crippen LogP contribution in [0.2, 0.25) is 5.02 Å². The lowest BCUT2D eigenvalue weighted by Gasteiger charge is -2.08. The number of anilines is 2. The third-order valence-corrected chi connectivity index (χ3v) is 4.99. The van der Waals surface area contributed by atoms with Crippen LogP contribution in [0.25, 0.3) is 0 Å². The molecule has 0 saturated heterocycles. The Morgan fingerprint density at radius 2 is 1.68 bits per heavy atom. The molecule has 3 rings (SSSR count). The fourth-order valence-electron chi connectivity index (χ4n) is 2.31. The Kier molecular flexibility index (Phi) is 6.38. The van der Waals surface area contributed by atoms with E-state index in [0.29, 0.717) is 27.8 Å². The van der Waals surface area contributed by atoms with E-state index in [-0.39, 0.29) is 17.7 Å². The van der Waals surface area contributed by atoms with E-state index in [2.05, 4.69) is 20.8 Å². The molecule has 0 unspecified atom stereocenters. The largest absolute Gasteiger partial charge is 0.326 e. The Morgan fingerprint density at radius 1 is 1.00 bits per heavy atom. The number of halogens is 1. The maximum absolute atomic E-state index is 12.4. The molecule has 0 radical (unpaired) electrons. The topological polar surface area (TPSA) is 84.0 Å². The van der Waals surface area contributed by atoms with Gasteiger partial charge in [-0.05, 0) is 42.0 Å². The third kappa shape index (κ3) is 5.37. The van der Waals surface area contributed by atoms with Gasteiger partial charge in [0.15, 0.2) is 0 Å². The number of carbonyl (C=O) groups is 2. The average molecular weight is 415 g/mol. The zero-order chi connectivity index (χ0) is 20.1. The Labute approximate surface area is 172 Å². The highest BCUT2D eigenvalue weighted by Gasteiger charge is 2.12. The summed E-state index contributed by atoms with van der Waals surface area (Å²) >= 11 is 7.21. The predicted molar refractivity (Wildman–Crippen MR) is 112 cm³/mol. The van der Waals surface area contributed by atoms with Gasteiger partial charge in [0.2, 0.25) is 11.0 Å². The van der Waals surface area contributed by atoms with Gasteiger partial charge in [-0.2, -0.15) is 0 Å². The molecule has 2 aromatic carbocycles. The molecule has 0 fully saturated rings. The first-order valence-corrected chi connectivity index (χ1v) is 9.89. The predicted octanol–water partition coefficient (Wildman–Crippen LogP) is 4.63. The molecule has 28 heavy (non-hydrogen) atoms. The molecule has 8 heteroatoms. The van der Waals surface area contributed by atoms with Gasteiger partial charge in [-0.1, -0.05) is 48.9 Å². The molecule has 0 aliphatic heterocycles. The summed E-state index contributed by atoms with van der Waals surface area (Å²) in [7, 11) is 0. The molecule has 144 valence electrons. The van der Waals surface area contributed by atoms with E-state index in [1.807, 2.05) is 38.1 Å². The molecular formula is C20H19ClN4O2S. The number of carbonyl (C=O) groups excluding carboxylic acids is 2. The number of benzene rings is 2. The van der Waals surface area contributed by atoms with Gasteiger partial charge in [-0.15, -0.1) is 10.2 Å². The van der Waals surface area contributed by atoms with Crippen molar-refractivity contribution in [3.05, 3.63) is 69.7 Å². The molecule has 6 nitrogen and oxygen atoms in total. The molecule has 2 N–H and O–H groups in total. The Hall–Kier alpha value is -2.77. The van der Waals surface area contributed by atoms with Crippen molar-refractivity contribution in [2.45, 2.75) is 20.3 Å². The number of rotatable bonds is 6. The standard InChI is InChI=1S/C20H19ClN4O2S/c1-12(2)18(26)22-16-9-5-14(6-10-16)19(27)23-20-25-24-17(28-20)11-13-3-7-15(21)8-4-13/h3-10,12H,11H2,1-2H3,(H,22,26)(H,23,25,27). The highest BCUT2D eigenvalue weighted by molar-refractivity contribution is 7.15. The molecule has 2 amide bonds. The summed E-state index contributed by atoms with van der Waals surface area (Å²) < 4.78 is 0. The molecular weight excluding hydrogens is 396 g/mol. The van der Waals surface area contributed by atoms with Gasteiger partial charge in [0.05, 0.1) is 0 Å². The highest BCUT2D eigenvalue weighted by atomic mass is 35.5. The van der Waals surface area contributed by atoms with Crippen molar-refractivity contribution in [3.63, 3.8) is 0 Å². The van der Waals surface area contributed by atoms with E-state index in [0.717, 1.165) is 10.6 Å². The van der Waals surface area contributed by atoms with Crippen molar-refractivity contribution in [1.82, 2.24) is 10.2 Å². The smallest absolute Gasteiger partial charge is 0.257 e. The quantitative estimate of drug-likeness (QED) is 0.615. The Bertz CT molecular complexity index is 969. The molecule has 1 heterocycles. The lowest BCUT2D eigenvalue weighted by atomic mass is 10.1. The number of hydrogen-bond acceptors (Lipinski definition) is 5. The third-order valence-electron chi connectivity index (χ3n) is 3.89. The van der Waals surface area contributed by atoms with Crippen molar-refractivity contribution < 1.29 is 9.59 Å². The fraction of sp³-hybridized carbons (Fsp3) is 0.200. The SMILES string of the molecule is CC(C)C(=O)Nc1ccc(C(=O)Nc2nnc(Cc3ccc(Cl)cc3)s2)cc1. The summed E-state index contributed by atoms with van der Waals surface area (Å²) in [6.07, 6.45) is 0.620. The summed E-state index contributed by atoms with van der Waals surface area (Å²) in [4.78, 5) is 24.1. The zero-order valence-corrected chi connectivity index (χ0v) is 17.0. The van der Waals surface area contributed by atoms with Gasteiger partial charge in [0.1, 0.15) is 5.01 Å². The second kappa shape index (κ2) is 8.95. The second-order valence-corrected chi connectivity index (χ2v) is 7.98. The number of nitrogens with zero attached hydrogens (tertiary/aromatic N) is 2. The van der Waals surface area contributed by atoms with Gasteiger partial charge in [0.25, 0.3) is 5.91 Å². The van der Waals surface area contributed by atoms with Crippen LogP contribution in [0, 0.1) is 5.92 Å². The number of aromatic nitrogens is 2. The van der Waals surface area contributed by atoms with E-state index < -0.39 is 0 Å². The van der Waals surface area contributed by atoms with Crippen LogP contribution in [0.3, 0.4) is 0 Å². The Balaban J connectivity index is 1.59. The second-order valence-electron chi connectivity index (χ2n) is 6.48. The summed E-state index contributed by atoms with van der Waals surface area (Å²) in [6.45, 7) is 3.64. The van der Waals surface area contributed by atoms with Crippen molar-refractivity contribution in [3.8, 4) is 0 Å². The van der Waals surface area contributed by atoms with Crippen LogP contribution < -0.4 is 10.6 Å². The monoisotopic (exact) mass is 414 g/mol. The molecule has 0 aliphatic carbocycles. The molecule has 3 aromatic rings. The van der Waals surface area contributed by atoms with Crippen LogP contribution in [0.15, 0.2) is 48.5 Å². The maximum Gasteiger partial charge on any atom is 0.257 e. The highest BCUT2D eigenvalue weighted by Crippen LogP contribution is 2.20. The van der Waals surface area contributed by atoms with E-state index in [1.54, 1.807) is 24.3 Å². The number of amides is 2. The normalized spacial score (nSPS) is 10.7. The lowest BCUT2D eigenvalue weighted by Crippen LogP contribution is -2.18. The van der Waals surface area contributed by atoms with Crippen molar-refractivity contribution in [1.29, 1.82) is 0 Å². The first-order valence-electron chi connectivity index (χ1n) is 8.70. The first-order chi connectivity index (χ1) is 13.4. The van der Waals surface area contributed by atoms with Crippen LogP contribution in [0.4, 0.5) is 10.8 Å². The van der Waals surface area contributed by atoms with E-state index >= 15 is 0 Å². The fourth-order valence-corrected chi connectivity index (χ4v) is 3.21. The zero-order valence-electron chi connectivity index (χ0n) is 15.4. The van der Waals surface area contributed by atoms with Gasteiger partial charge in [-0.3, -0.25) is 14.9 Å². The van der Waals surface area contributed by atoms with Crippen molar-refractivity contribution in [2.24, 2.45) is 5.92 Å². The van der Waals surface area contributed by atoms with E-state index in [9.17, 15) is 9.59 Å². The summed E-state index contributed by atoms with van der Waals surface area (Å²) in [6, 6.07) is 14.2. The van der Waals surface area contributed by atoms with Crippen LogP contribution in [0.5, 0.6) is 0 Å². The van der Waals surface area contributed by atoms with Crippen LogP contribution in [-0.2, 0) is 11.2 Å². The van der Waals surface area contributed by atoms with Gasteiger partial charge < -0.3 is 5.32 Å². The lowest BCUT2D eigenvalue weighted by molar-refractivity contribution is -0.118. The molecule has 1 aromatic heterocycles. The van der Waals surface area contributed by atoms with Gasteiger partial charge in [-0.25, -0.2) is 0 Å². The van der Waals surface area contributed by atoms with Crippen molar-refractivity contribution in [2.75, 3.05) is 10.6 Å². The molecule has 0 atom stereocenters. The summed E-state index contributed by atoms with van der Waals surface area (Å²) in [5.74, 6) is -0.461. The Morgan fingerprint density at radius 3 is 2.32 bits per heavy atom. The minimum atomic E-state index is -0.282. The molecule has 0 aliphatic rings. The van der Waals surface area contributed by atoms with Crippen LogP contribution in [-0.4, -0.2) is 22.0 Å². The summed E-state index contributed by atoms with van der Waals surface area (Å²) in [5.41, 5.74) is 2.19. The average Bonchev–Trinajstić information content (AvgIpc) is 3.11. The number of nitrogens with one attached hydrogen (secondary N) is 2. The van der Waals surface area contributed by atoms with Crippen LogP contribution in [0.1, 0.15) is 34.8 Å². The van der Waals surface area contributed by atoms with Crippen molar-refractivity contribution >= 4 is 45.6 Å². The maximum atomic E-state index is 12.4. The summed E-state index contributed by atoms with van der Waals surface area (Å²) in [5, 5.41) is 15.6. The van der Waals surface area contributed by atoms with E-state index in [4.69, 9.17) is 11.6 Å². The first kappa shape index (κ1) is 20.0. The molecule has 0 spiro atoms. The van der Waals surface area contributed by atoms with Crippen LogP contribution >= 0.6 is 22.9 Å². The van der Waals surface area contributed by atoms with Gasteiger partial charge >= 0.3 is 0 Å². The molecule has 0 bridgehead atoms. The minimum absolute atomic E-state index is 0.0701.